The summed E-state index contributed by atoms with van der Waals surface area (Å²) < 4.78 is 10.9. The molecule has 0 bridgehead atoms. The third-order valence-corrected chi connectivity index (χ3v) is 6.09. The Morgan fingerprint density at radius 1 is 1.07 bits per heavy atom. The molecule has 1 heterocycles. The lowest BCUT2D eigenvalue weighted by molar-refractivity contribution is -0.118. The Hall–Kier alpha value is -3.31. The molecule has 0 spiro atoms. The molecule has 156 valence electrons. The second-order valence-corrected chi connectivity index (χ2v) is 7.95. The van der Waals surface area contributed by atoms with Gasteiger partial charge in [-0.05, 0) is 65.8 Å². The van der Waals surface area contributed by atoms with E-state index in [1.54, 1.807) is 0 Å². The van der Waals surface area contributed by atoms with Crippen LogP contribution in [0.4, 0.5) is 5.69 Å². The number of aliphatic hydroxyl groups is 1. The molecule has 0 aromatic heterocycles. The molecule has 5 heteroatoms. The number of amides is 1. The molecule has 30 heavy (non-hydrogen) atoms. The molecule has 2 N–H and O–H groups in total. The molecule has 3 aromatic carbocycles. The second-order valence-electron chi connectivity index (χ2n) is 7.95. The van der Waals surface area contributed by atoms with Crippen LogP contribution in [0.5, 0.6) is 11.5 Å². The Morgan fingerprint density at radius 3 is 2.67 bits per heavy atom. The average molecular weight is 405 g/mol. The van der Waals surface area contributed by atoms with E-state index in [1.165, 1.54) is 0 Å². The maximum absolute atomic E-state index is 13.3. The lowest BCUT2D eigenvalue weighted by Gasteiger charge is -2.18. The Morgan fingerprint density at radius 2 is 1.87 bits per heavy atom. The number of nitrogens with one attached hydrogen (secondary N) is 1. The first kappa shape index (κ1) is 18.7. The number of aryl methyl sites for hydroxylation is 1. The van der Waals surface area contributed by atoms with Crippen LogP contribution in [0, 0.1) is 6.92 Å². The van der Waals surface area contributed by atoms with Gasteiger partial charge in [-0.1, -0.05) is 42.5 Å². The van der Waals surface area contributed by atoms with E-state index in [4.69, 9.17) is 9.47 Å². The van der Waals surface area contributed by atoms with Crippen LogP contribution >= 0.6 is 0 Å². The molecular weight excluding hydrogens is 378 g/mol. The summed E-state index contributed by atoms with van der Waals surface area (Å²) in [6.07, 6.45) is 1.62. The van der Waals surface area contributed by atoms with Crippen LogP contribution in [0.3, 0.4) is 0 Å². The van der Waals surface area contributed by atoms with Crippen molar-refractivity contribution in [3.8, 4) is 22.6 Å². The molecule has 2 aliphatic rings. The Bertz CT molecular complexity index is 1140. The number of benzene rings is 3. The number of anilines is 1. The number of rotatable bonds is 5. The zero-order valence-corrected chi connectivity index (χ0v) is 16.8. The van der Waals surface area contributed by atoms with Gasteiger partial charge in [0.2, 0.25) is 12.7 Å². The summed E-state index contributed by atoms with van der Waals surface area (Å²) in [6.45, 7) is 2.18. The Kier molecular flexibility index (Phi) is 4.48. The molecule has 3 aromatic rings. The van der Waals surface area contributed by atoms with Crippen molar-refractivity contribution in [2.45, 2.75) is 31.8 Å². The van der Waals surface area contributed by atoms with Crippen LogP contribution in [0.2, 0.25) is 0 Å². The minimum Gasteiger partial charge on any atom is -0.454 e. The molecule has 1 fully saturated rings. The fourth-order valence-corrected chi connectivity index (χ4v) is 4.07. The first-order valence-electron chi connectivity index (χ1n) is 10.1. The van der Waals surface area contributed by atoms with Gasteiger partial charge in [0, 0.05) is 8.54 Å². The van der Waals surface area contributed by atoms with E-state index in [1.807, 2.05) is 67.6 Å². The van der Waals surface area contributed by atoms with Crippen molar-refractivity contribution in [1.82, 2.24) is 0 Å². The standard InChI is InChI=1S/C25H23NO4.2H2/c1-16-6-7-17(20-5-3-2-4-18(20)14-27)12-21(16)26-24(28)25(10-11-25)19-8-9-22-23(13-19)30-15-29-22;;/h2-9,12-13,27H,10-11,14-15H2,1H3,(H,26,28);2*1H. The third-order valence-electron chi connectivity index (χ3n) is 6.09. The van der Waals surface area contributed by atoms with E-state index in [9.17, 15) is 9.90 Å². The number of carbonyl (C=O) groups is 1. The van der Waals surface area contributed by atoms with E-state index in [-0.39, 0.29) is 22.2 Å². The molecule has 1 aliphatic heterocycles. The van der Waals surface area contributed by atoms with Gasteiger partial charge in [0.05, 0.1) is 12.0 Å². The van der Waals surface area contributed by atoms with Gasteiger partial charge in [0.25, 0.3) is 0 Å². The van der Waals surface area contributed by atoms with Crippen molar-refractivity contribution in [2.75, 3.05) is 12.1 Å². The first-order chi connectivity index (χ1) is 14.6. The van der Waals surface area contributed by atoms with Crippen LogP contribution in [-0.4, -0.2) is 17.8 Å². The van der Waals surface area contributed by atoms with Crippen LogP contribution < -0.4 is 14.8 Å². The van der Waals surface area contributed by atoms with Crippen LogP contribution in [0.25, 0.3) is 11.1 Å². The predicted molar refractivity (Wildman–Crippen MR) is 119 cm³/mol. The summed E-state index contributed by atoms with van der Waals surface area (Å²) in [7, 11) is 0. The van der Waals surface area contributed by atoms with Gasteiger partial charge in [-0.3, -0.25) is 4.79 Å². The van der Waals surface area contributed by atoms with E-state index in [2.05, 4.69) is 5.32 Å². The average Bonchev–Trinajstić information content (AvgIpc) is 3.46. The van der Waals surface area contributed by atoms with Crippen molar-refractivity contribution in [3.63, 3.8) is 0 Å². The Balaban J connectivity index is 0.00000144. The van der Waals surface area contributed by atoms with Crippen molar-refractivity contribution < 1.29 is 22.2 Å². The molecular formula is C25H27NO4. The number of hydrogen-bond donors (Lipinski definition) is 2. The van der Waals surface area contributed by atoms with Crippen molar-refractivity contribution in [3.05, 3.63) is 77.4 Å². The molecule has 0 atom stereocenters. The highest BCUT2D eigenvalue weighted by Gasteiger charge is 2.51. The normalized spacial score (nSPS) is 15.7. The largest absolute Gasteiger partial charge is 0.454 e. The highest BCUT2D eigenvalue weighted by atomic mass is 16.7. The predicted octanol–water partition coefficient (Wildman–Crippen LogP) is 5.05. The number of fused-ring (bicyclic) bond motifs is 1. The zero-order valence-electron chi connectivity index (χ0n) is 16.8. The summed E-state index contributed by atoms with van der Waals surface area (Å²) in [5.41, 5.74) is 5.02. The highest BCUT2D eigenvalue weighted by Crippen LogP contribution is 2.51. The fraction of sp³-hybridized carbons (Fsp3) is 0.240. The quantitative estimate of drug-likeness (QED) is 0.624. The van der Waals surface area contributed by atoms with Gasteiger partial charge in [-0.25, -0.2) is 0 Å². The molecule has 0 radical (unpaired) electrons. The van der Waals surface area contributed by atoms with Crippen LogP contribution in [0.1, 0.15) is 32.4 Å². The van der Waals surface area contributed by atoms with Gasteiger partial charge >= 0.3 is 0 Å². The molecule has 1 aliphatic carbocycles. The van der Waals surface area contributed by atoms with Crippen LogP contribution in [-0.2, 0) is 16.8 Å². The first-order valence-corrected chi connectivity index (χ1v) is 10.1. The number of aliphatic hydroxyl groups excluding tert-OH is 1. The van der Waals surface area contributed by atoms with Gasteiger partial charge in [-0.15, -0.1) is 0 Å². The molecule has 0 unspecified atom stereocenters. The monoisotopic (exact) mass is 405 g/mol. The minimum absolute atomic E-state index is 0. The topological polar surface area (TPSA) is 67.8 Å². The van der Waals surface area contributed by atoms with Gasteiger partial charge in [0.15, 0.2) is 11.5 Å². The second kappa shape index (κ2) is 7.18. The smallest absolute Gasteiger partial charge is 0.235 e. The van der Waals surface area contributed by atoms with Gasteiger partial charge in [-0.2, -0.15) is 0 Å². The molecule has 1 amide bonds. The van der Waals surface area contributed by atoms with Crippen molar-refractivity contribution in [1.29, 1.82) is 0 Å². The lowest BCUT2D eigenvalue weighted by Crippen LogP contribution is -2.28. The van der Waals surface area contributed by atoms with E-state index < -0.39 is 5.41 Å². The number of hydrogen-bond acceptors (Lipinski definition) is 4. The van der Waals surface area contributed by atoms with Gasteiger partial charge < -0.3 is 19.9 Å². The summed E-state index contributed by atoms with van der Waals surface area (Å²) in [5.74, 6) is 1.42. The van der Waals surface area contributed by atoms with Crippen molar-refractivity contribution in [2.24, 2.45) is 0 Å². The SMILES string of the molecule is Cc1ccc(-c2ccccc2CO)cc1NC(=O)C1(c2ccc3c(c2)OCO3)CC1.[HH].[HH]. The molecule has 1 saturated carbocycles. The summed E-state index contributed by atoms with van der Waals surface area (Å²) >= 11 is 0. The van der Waals surface area contributed by atoms with Crippen molar-refractivity contribution >= 4 is 11.6 Å². The lowest BCUT2D eigenvalue weighted by atomic mass is 9.93. The van der Waals surface area contributed by atoms with E-state index in [0.29, 0.717) is 5.75 Å². The molecule has 5 rings (SSSR count). The molecule has 0 saturated heterocycles. The van der Waals surface area contributed by atoms with Crippen LogP contribution in [0.15, 0.2) is 60.7 Å². The van der Waals surface area contributed by atoms with E-state index in [0.717, 1.165) is 52.1 Å². The number of carbonyl (C=O) groups excluding carboxylic acids is 1. The van der Waals surface area contributed by atoms with E-state index >= 15 is 0 Å². The maximum atomic E-state index is 13.3. The fourth-order valence-electron chi connectivity index (χ4n) is 4.07. The zero-order chi connectivity index (χ0) is 20.7. The van der Waals surface area contributed by atoms with Gasteiger partial charge in [0.1, 0.15) is 0 Å². The maximum Gasteiger partial charge on any atom is 0.235 e. The summed E-state index contributed by atoms with van der Waals surface area (Å²) in [5, 5.41) is 12.8. The molecule has 5 nitrogen and oxygen atoms in total. The summed E-state index contributed by atoms with van der Waals surface area (Å²) in [4.78, 5) is 13.3. The Labute approximate surface area is 178 Å². The minimum atomic E-state index is -0.521. The summed E-state index contributed by atoms with van der Waals surface area (Å²) in [6, 6.07) is 19.5. The third kappa shape index (κ3) is 3.12. The highest BCUT2D eigenvalue weighted by molar-refractivity contribution is 6.02. The number of ether oxygens (including phenoxy) is 2.